The van der Waals surface area contributed by atoms with Gasteiger partial charge in [0, 0.05) is 29.5 Å². The van der Waals surface area contributed by atoms with Gasteiger partial charge in [-0.3, -0.25) is 0 Å². The van der Waals surface area contributed by atoms with Crippen molar-refractivity contribution in [2.24, 2.45) is 5.92 Å². The van der Waals surface area contributed by atoms with Gasteiger partial charge in [-0.1, -0.05) is 36.4 Å². The topological polar surface area (TPSA) is 77.2 Å². The number of pyridine rings is 1. The number of ether oxygens (including phenoxy) is 1. The second kappa shape index (κ2) is 10.1. The summed E-state index contributed by atoms with van der Waals surface area (Å²) in [5.41, 5.74) is 2.26. The standard InChI is InChI=1S/C25H28FN5O2S2/c1-14(2)22-29-24(33-30-22)31-11-9-16(10-12-31)15(3)32-25-28-20-7-6-19(27-23(20)35-25)17-5-8-21(34-4)18(26)13-17/h5-8,13-16H,9-12H2,1-4H3. The third-order valence-electron chi connectivity index (χ3n) is 6.39. The maximum atomic E-state index is 14.2. The molecule has 1 fully saturated rings. The lowest BCUT2D eigenvalue weighted by atomic mass is 9.92. The van der Waals surface area contributed by atoms with Gasteiger partial charge in [0.2, 0.25) is 0 Å². The first-order valence-corrected chi connectivity index (χ1v) is 13.8. The van der Waals surface area contributed by atoms with Crippen LogP contribution >= 0.6 is 23.1 Å². The van der Waals surface area contributed by atoms with Crippen LogP contribution in [0.2, 0.25) is 0 Å². The molecule has 1 aliphatic heterocycles. The smallest absolute Gasteiger partial charge is 0.324 e. The van der Waals surface area contributed by atoms with E-state index in [1.807, 2.05) is 24.5 Å². The molecule has 0 N–H and O–H groups in total. The minimum Gasteiger partial charge on any atom is -0.467 e. The van der Waals surface area contributed by atoms with E-state index in [4.69, 9.17) is 14.2 Å². The minimum absolute atomic E-state index is 0.0271. The van der Waals surface area contributed by atoms with Crippen LogP contribution in [0.4, 0.5) is 10.4 Å². The Labute approximate surface area is 212 Å². The Hall–Kier alpha value is -2.72. The van der Waals surface area contributed by atoms with Crippen molar-refractivity contribution >= 4 is 39.5 Å². The molecule has 0 radical (unpaired) electrons. The van der Waals surface area contributed by atoms with Crippen molar-refractivity contribution in [2.75, 3.05) is 24.2 Å². The first kappa shape index (κ1) is 24.0. The molecule has 1 aromatic carbocycles. The molecule has 4 heterocycles. The Bertz CT molecular complexity index is 1320. The van der Waals surface area contributed by atoms with Crippen molar-refractivity contribution in [3.05, 3.63) is 42.0 Å². The Morgan fingerprint density at radius 3 is 2.60 bits per heavy atom. The molecule has 0 bridgehead atoms. The summed E-state index contributed by atoms with van der Waals surface area (Å²) in [7, 11) is 0. The summed E-state index contributed by atoms with van der Waals surface area (Å²) in [4.78, 5) is 17.4. The molecular formula is C25H28FN5O2S2. The second-order valence-corrected chi connectivity index (χ2v) is 10.9. The average Bonchev–Trinajstić information content (AvgIpc) is 3.51. The summed E-state index contributed by atoms with van der Waals surface area (Å²) >= 11 is 2.82. The number of hydrogen-bond acceptors (Lipinski definition) is 9. The van der Waals surface area contributed by atoms with Gasteiger partial charge in [-0.2, -0.15) is 4.98 Å². The number of thioether (sulfide) groups is 1. The highest BCUT2D eigenvalue weighted by Crippen LogP contribution is 2.33. The Kier molecular flexibility index (Phi) is 6.93. The molecule has 3 aromatic heterocycles. The molecule has 1 atom stereocenters. The van der Waals surface area contributed by atoms with E-state index >= 15 is 0 Å². The number of anilines is 1. The normalized spacial score (nSPS) is 15.8. The molecule has 10 heteroatoms. The molecule has 1 saturated heterocycles. The van der Waals surface area contributed by atoms with Crippen LogP contribution < -0.4 is 9.64 Å². The van der Waals surface area contributed by atoms with Crippen molar-refractivity contribution in [3.8, 4) is 16.5 Å². The molecule has 0 saturated carbocycles. The molecule has 0 aliphatic carbocycles. The lowest BCUT2D eigenvalue weighted by Gasteiger charge is -2.33. The third-order valence-corrected chi connectivity index (χ3v) is 8.02. The second-order valence-electron chi connectivity index (χ2n) is 9.09. The molecule has 184 valence electrons. The van der Waals surface area contributed by atoms with Crippen molar-refractivity contribution in [1.82, 2.24) is 20.1 Å². The van der Waals surface area contributed by atoms with Gasteiger partial charge >= 0.3 is 6.01 Å². The van der Waals surface area contributed by atoms with E-state index in [-0.39, 0.29) is 17.8 Å². The number of piperidine rings is 1. The van der Waals surface area contributed by atoms with Crippen LogP contribution in [0.25, 0.3) is 21.6 Å². The number of fused-ring (bicyclic) bond motifs is 1. The van der Waals surface area contributed by atoms with E-state index in [0.717, 1.165) is 53.4 Å². The van der Waals surface area contributed by atoms with E-state index in [1.165, 1.54) is 29.2 Å². The molecule has 0 amide bonds. The van der Waals surface area contributed by atoms with Crippen LogP contribution in [0, 0.1) is 11.7 Å². The van der Waals surface area contributed by atoms with Crippen LogP contribution in [0.3, 0.4) is 0 Å². The van der Waals surface area contributed by atoms with Gasteiger partial charge in [-0.05, 0) is 56.2 Å². The molecule has 4 aromatic rings. The lowest BCUT2D eigenvalue weighted by Crippen LogP contribution is -2.38. The predicted octanol–water partition coefficient (Wildman–Crippen LogP) is 6.41. The molecule has 0 spiro atoms. The van der Waals surface area contributed by atoms with Gasteiger partial charge in [-0.15, -0.1) is 11.8 Å². The van der Waals surface area contributed by atoms with E-state index in [0.29, 0.717) is 22.0 Å². The first-order chi connectivity index (χ1) is 16.9. The van der Waals surface area contributed by atoms with Crippen molar-refractivity contribution in [3.63, 3.8) is 0 Å². The number of hydrogen-bond donors (Lipinski definition) is 0. The largest absolute Gasteiger partial charge is 0.467 e. The number of thiazole rings is 1. The van der Waals surface area contributed by atoms with E-state index in [9.17, 15) is 4.39 Å². The summed E-state index contributed by atoms with van der Waals surface area (Å²) < 4.78 is 25.9. The number of halogens is 1. The monoisotopic (exact) mass is 513 g/mol. The van der Waals surface area contributed by atoms with Gasteiger partial charge in [0.25, 0.3) is 5.19 Å². The molecule has 5 rings (SSSR count). The highest BCUT2D eigenvalue weighted by molar-refractivity contribution is 7.98. The third kappa shape index (κ3) is 5.13. The molecule has 7 nitrogen and oxygen atoms in total. The quantitative estimate of drug-likeness (QED) is 0.262. The average molecular weight is 514 g/mol. The fraction of sp³-hybridized carbons (Fsp3) is 0.440. The number of benzene rings is 1. The number of rotatable bonds is 7. The van der Waals surface area contributed by atoms with E-state index in [1.54, 1.807) is 6.07 Å². The van der Waals surface area contributed by atoms with E-state index in [2.05, 4.69) is 40.8 Å². The van der Waals surface area contributed by atoms with E-state index < -0.39 is 0 Å². The van der Waals surface area contributed by atoms with Gasteiger partial charge in [0.05, 0.1) is 5.69 Å². The summed E-state index contributed by atoms with van der Waals surface area (Å²) in [6, 6.07) is 9.62. The van der Waals surface area contributed by atoms with Crippen molar-refractivity contribution in [2.45, 2.75) is 50.5 Å². The Balaban J connectivity index is 1.23. The van der Waals surface area contributed by atoms with Crippen LogP contribution in [-0.2, 0) is 0 Å². The summed E-state index contributed by atoms with van der Waals surface area (Å²) in [6.07, 6.45) is 3.85. The SMILES string of the molecule is CSc1ccc(-c2ccc3nc(OC(C)C4CCN(c5nc(C(C)C)no5)CC4)sc3n2)cc1F. The zero-order valence-corrected chi connectivity index (χ0v) is 21.8. The lowest BCUT2D eigenvalue weighted by molar-refractivity contribution is 0.131. The maximum absolute atomic E-state index is 14.2. The van der Waals surface area contributed by atoms with Gasteiger partial charge < -0.3 is 14.2 Å². The van der Waals surface area contributed by atoms with Gasteiger partial charge in [0.15, 0.2) is 5.82 Å². The highest BCUT2D eigenvalue weighted by atomic mass is 32.2. The summed E-state index contributed by atoms with van der Waals surface area (Å²) in [6.45, 7) is 7.93. The Morgan fingerprint density at radius 2 is 1.91 bits per heavy atom. The van der Waals surface area contributed by atoms with Crippen molar-refractivity contribution < 1.29 is 13.7 Å². The highest BCUT2D eigenvalue weighted by Gasteiger charge is 2.28. The number of nitrogens with zero attached hydrogens (tertiary/aromatic N) is 5. The van der Waals surface area contributed by atoms with Crippen LogP contribution in [0.5, 0.6) is 5.19 Å². The number of aromatic nitrogens is 4. The maximum Gasteiger partial charge on any atom is 0.324 e. The molecule has 1 unspecified atom stereocenters. The minimum atomic E-state index is -0.232. The predicted molar refractivity (Wildman–Crippen MR) is 138 cm³/mol. The zero-order valence-electron chi connectivity index (χ0n) is 20.2. The first-order valence-electron chi connectivity index (χ1n) is 11.8. The summed E-state index contributed by atoms with van der Waals surface area (Å²) in [5, 5.41) is 4.69. The molecular weight excluding hydrogens is 485 g/mol. The Morgan fingerprint density at radius 1 is 1.11 bits per heavy atom. The van der Waals surface area contributed by atoms with Gasteiger partial charge in [0.1, 0.15) is 22.3 Å². The molecule has 35 heavy (non-hydrogen) atoms. The zero-order chi connectivity index (χ0) is 24.5. The summed E-state index contributed by atoms with van der Waals surface area (Å²) in [5.74, 6) is 1.17. The fourth-order valence-corrected chi connectivity index (χ4v) is 5.57. The van der Waals surface area contributed by atoms with Gasteiger partial charge in [-0.25, -0.2) is 14.4 Å². The van der Waals surface area contributed by atoms with Crippen LogP contribution in [-0.4, -0.2) is 45.6 Å². The van der Waals surface area contributed by atoms with Crippen LogP contribution in [0.15, 0.2) is 39.8 Å². The van der Waals surface area contributed by atoms with Crippen molar-refractivity contribution in [1.29, 1.82) is 0 Å². The fourth-order valence-electron chi connectivity index (χ4n) is 4.24. The molecule has 1 aliphatic rings. The van der Waals surface area contributed by atoms with Crippen LogP contribution in [0.1, 0.15) is 45.4 Å².